The van der Waals surface area contributed by atoms with Gasteiger partial charge >= 0.3 is 0 Å². The van der Waals surface area contributed by atoms with E-state index in [1.807, 2.05) is 0 Å². The fourth-order valence-electron chi connectivity index (χ4n) is 4.93. The summed E-state index contributed by atoms with van der Waals surface area (Å²) in [5.74, 6) is 0. The molecule has 184 valence electrons. The lowest BCUT2D eigenvalue weighted by molar-refractivity contribution is -0.697. The van der Waals surface area contributed by atoms with Gasteiger partial charge in [0.2, 0.25) is 0 Å². The number of pyridine rings is 1. The van der Waals surface area contributed by atoms with Crippen LogP contribution < -0.4 is 4.57 Å². The van der Waals surface area contributed by atoms with Gasteiger partial charge in [-0.3, -0.25) is 0 Å². The van der Waals surface area contributed by atoms with E-state index >= 15 is 0 Å². The van der Waals surface area contributed by atoms with E-state index in [-0.39, 0.29) is 0 Å². The van der Waals surface area contributed by atoms with Crippen molar-refractivity contribution in [2.24, 2.45) is 0 Å². The summed E-state index contributed by atoms with van der Waals surface area (Å²) in [4.78, 5) is 0. The van der Waals surface area contributed by atoms with Gasteiger partial charge in [0.25, 0.3) is 0 Å². The summed E-state index contributed by atoms with van der Waals surface area (Å²) in [6.45, 7) is 3.37. The highest BCUT2D eigenvalue weighted by molar-refractivity contribution is 6.04. The molecule has 0 fully saturated rings. The van der Waals surface area contributed by atoms with Crippen molar-refractivity contribution in [2.45, 2.75) is 64.8 Å². The van der Waals surface area contributed by atoms with Crippen LogP contribution in [0.3, 0.4) is 0 Å². The van der Waals surface area contributed by atoms with Crippen LogP contribution in [0.25, 0.3) is 11.1 Å². The largest absolute Gasteiger partial charge is 0.205 e. The normalized spacial score (nSPS) is 10.8. The Bertz CT molecular complexity index is 1130. The van der Waals surface area contributed by atoms with Crippen LogP contribution in [-0.4, -0.2) is 0 Å². The lowest BCUT2D eigenvalue weighted by Gasteiger charge is -2.17. The van der Waals surface area contributed by atoms with Crippen LogP contribution in [0.4, 0.5) is 0 Å². The topological polar surface area (TPSA) is 3.88 Å². The predicted octanol–water partition coefficient (Wildman–Crippen LogP) is 9.12. The van der Waals surface area contributed by atoms with Crippen molar-refractivity contribution in [1.82, 2.24) is 0 Å². The van der Waals surface area contributed by atoms with Crippen LogP contribution in [0.1, 0.15) is 80.5 Å². The summed E-state index contributed by atoms with van der Waals surface area (Å²) in [7, 11) is 0. The number of hydrogen-bond acceptors (Lipinski definition) is 0. The highest BCUT2D eigenvalue weighted by Crippen LogP contribution is 2.36. The molecule has 0 unspecified atom stereocenters. The molecule has 0 N–H and O–H groups in total. The minimum Gasteiger partial charge on any atom is -0.205 e. The lowest BCUT2D eigenvalue weighted by Crippen LogP contribution is -2.32. The van der Waals surface area contributed by atoms with Crippen LogP contribution in [0.15, 0.2) is 116 Å². The molecule has 4 aromatic rings. The maximum Gasteiger partial charge on any atom is 0.169 e. The summed E-state index contributed by atoms with van der Waals surface area (Å²) in [6.07, 6.45) is 15.3. The molecule has 36 heavy (non-hydrogen) atoms. The Morgan fingerprint density at radius 3 is 1.22 bits per heavy atom. The first-order valence-electron chi connectivity index (χ1n) is 13.8. The highest BCUT2D eigenvalue weighted by Gasteiger charge is 2.16. The number of nitrogens with zero attached hydrogens (tertiary/aromatic N) is 1. The first-order chi connectivity index (χ1) is 17.9. The molecule has 0 spiro atoms. The number of aromatic nitrogens is 1. The zero-order valence-electron chi connectivity index (χ0n) is 21.8. The third kappa shape index (κ3) is 7.28. The molecule has 0 aliphatic rings. The predicted molar refractivity (Wildman–Crippen MR) is 154 cm³/mol. The Labute approximate surface area is 218 Å². The van der Waals surface area contributed by atoms with Gasteiger partial charge in [-0.25, -0.2) is 4.57 Å². The molecule has 0 bridgehead atoms. The molecule has 0 saturated carbocycles. The molecule has 1 aromatic heterocycles. The minimum atomic E-state index is 1.09. The molecule has 4 rings (SSSR count). The zero-order chi connectivity index (χ0) is 24.8. The maximum atomic E-state index is 2.34. The second kappa shape index (κ2) is 14.2. The molecule has 0 saturated heterocycles. The van der Waals surface area contributed by atoms with Crippen LogP contribution >= 0.6 is 0 Å². The van der Waals surface area contributed by atoms with Gasteiger partial charge in [0.05, 0.1) is 0 Å². The van der Waals surface area contributed by atoms with E-state index in [2.05, 4.69) is 127 Å². The van der Waals surface area contributed by atoms with E-state index in [0.717, 1.165) is 6.54 Å². The number of benzene rings is 3. The highest BCUT2D eigenvalue weighted by atomic mass is 14.9. The van der Waals surface area contributed by atoms with Crippen LogP contribution in [-0.2, 0) is 6.54 Å². The van der Waals surface area contributed by atoms with Gasteiger partial charge in [-0.05, 0) is 39.8 Å². The maximum absolute atomic E-state index is 2.34. The molecule has 1 heterocycles. The van der Waals surface area contributed by atoms with E-state index in [0.29, 0.717) is 0 Å². The summed E-state index contributed by atoms with van der Waals surface area (Å²) < 4.78 is 2.34. The third-order valence-corrected chi connectivity index (χ3v) is 6.89. The van der Waals surface area contributed by atoms with Crippen LogP contribution in [0.5, 0.6) is 0 Å². The Morgan fingerprint density at radius 2 is 0.806 bits per heavy atom. The molecule has 1 nitrogen and oxygen atoms in total. The molecule has 3 aromatic carbocycles. The van der Waals surface area contributed by atoms with Crippen molar-refractivity contribution in [3.8, 4) is 0 Å². The fraction of sp³-hybridized carbons (Fsp3) is 0.286. The average molecular weight is 475 g/mol. The molecule has 0 radical (unpaired) electrons. The van der Waals surface area contributed by atoms with Crippen molar-refractivity contribution in [2.75, 3.05) is 0 Å². The Balaban J connectivity index is 1.59. The van der Waals surface area contributed by atoms with Gasteiger partial charge in [0.1, 0.15) is 6.54 Å². The van der Waals surface area contributed by atoms with Gasteiger partial charge in [-0.15, -0.1) is 0 Å². The van der Waals surface area contributed by atoms with E-state index < -0.39 is 0 Å². The first-order valence-corrected chi connectivity index (χ1v) is 13.8. The van der Waals surface area contributed by atoms with E-state index in [1.165, 1.54) is 84.8 Å². The molecule has 0 aliphatic heterocycles. The number of hydrogen-bond donors (Lipinski definition) is 0. The van der Waals surface area contributed by atoms with Gasteiger partial charge in [-0.2, -0.15) is 0 Å². The fourth-order valence-corrected chi connectivity index (χ4v) is 4.93. The molecular formula is C35H40N+. The third-order valence-electron chi connectivity index (χ3n) is 6.89. The second-order valence-electron chi connectivity index (χ2n) is 9.65. The van der Waals surface area contributed by atoms with Crippen LogP contribution in [0.2, 0.25) is 0 Å². The zero-order valence-corrected chi connectivity index (χ0v) is 21.8. The summed E-state index contributed by atoms with van der Waals surface area (Å²) in [5.41, 5.74) is 7.49. The Kier molecular flexibility index (Phi) is 10.1. The summed E-state index contributed by atoms with van der Waals surface area (Å²) in [5, 5.41) is 0. The van der Waals surface area contributed by atoms with Crippen molar-refractivity contribution < 1.29 is 4.57 Å². The SMILES string of the molecule is CCCCCCCCCC[n+]1ccc(C(=C(c2ccccc2)c2ccccc2)c2ccccc2)cc1. The summed E-state index contributed by atoms with van der Waals surface area (Å²) in [6, 6.07) is 37.0. The smallest absolute Gasteiger partial charge is 0.169 e. The molecular weight excluding hydrogens is 434 g/mol. The van der Waals surface area contributed by atoms with Crippen molar-refractivity contribution in [1.29, 1.82) is 0 Å². The second-order valence-corrected chi connectivity index (χ2v) is 9.65. The van der Waals surface area contributed by atoms with Crippen molar-refractivity contribution in [3.05, 3.63) is 138 Å². The minimum absolute atomic E-state index is 1.09. The van der Waals surface area contributed by atoms with E-state index in [4.69, 9.17) is 0 Å². The van der Waals surface area contributed by atoms with Crippen LogP contribution in [0, 0.1) is 0 Å². The van der Waals surface area contributed by atoms with Crippen molar-refractivity contribution >= 4 is 11.1 Å². The van der Waals surface area contributed by atoms with Crippen molar-refractivity contribution in [3.63, 3.8) is 0 Å². The van der Waals surface area contributed by atoms with E-state index in [9.17, 15) is 0 Å². The lowest BCUT2D eigenvalue weighted by atomic mass is 9.86. The Hall–Kier alpha value is -3.45. The molecule has 1 heteroatoms. The standard InChI is InChI=1S/C35H40N/c1-2-3-4-5-6-7-8-18-27-36-28-25-33(26-29-36)35(32-23-16-11-17-24-32)34(30-19-12-9-13-20-30)31-21-14-10-15-22-31/h9-17,19-26,28-29H,2-8,18,27H2,1H3/q+1. The molecule has 0 amide bonds. The molecule has 0 aliphatic carbocycles. The van der Waals surface area contributed by atoms with Gasteiger partial charge in [-0.1, -0.05) is 136 Å². The Morgan fingerprint density at radius 1 is 0.444 bits per heavy atom. The molecule has 0 atom stereocenters. The van der Waals surface area contributed by atoms with Gasteiger partial charge in [0.15, 0.2) is 12.4 Å². The summed E-state index contributed by atoms with van der Waals surface area (Å²) >= 11 is 0. The number of unbranched alkanes of at least 4 members (excludes halogenated alkanes) is 7. The van der Waals surface area contributed by atoms with Gasteiger partial charge < -0.3 is 0 Å². The number of aryl methyl sites for hydroxylation is 1. The first kappa shape index (κ1) is 25.6. The average Bonchev–Trinajstić information content (AvgIpc) is 2.95. The number of rotatable bonds is 13. The van der Waals surface area contributed by atoms with Gasteiger partial charge in [0, 0.05) is 18.6 Å². The monoisotopic (exact) mass is 474 g/mol. The quantitative estimate of drug-likeness (QED) is 0.103. The van der Waals surface area contributed by atoms with E-state index in [1.54, 1.807) is 0 Å².